The van der Waals surface area contributed by atoms with Crippen LogP contribution >= 0.6 is 11.6 Å². The SMILES string of the molecule is CC(CO)(CCl)COC(N)=O. The lowest BCUT2D eigenvalue weighted by molar-refractivity contribution is 0.0677. The van der Waals surface area contributed by atoms with E-state index in [0.717, 1.165) is 0 Å². The first-order chi connectivity index (χ1) is 5.04. The van der Waals surface area contributed by atoms with Crippen molar-refractivity contribution in [3.05, 3.63) is 0 Å². The van der Waals surface area contributed by atoms with E-state index < -0.39 is 11.5 Å². The number of carbonyl (C=O) groups excluding carboxylic acids is 1. The van der Waals surface area contributed by atoms with Crippen LogP contribution in [0, 0.1) is 5.41 Å². The molecule has 4 nitrogen and oxygen atoms in total. The van der Waals surface area contributed by atoms with Crippen molar-refractivity contribution >= 4 is 17.7 Å². The van der Waals surface area contributed by atoms with Gasteiger partial charge in [0.15, 0.2) is 0 Å². The number of nitrogens with two attached hydrogens (primary N) is 1. The van der Waals surface area contributed by atoms with Crippen LogP contribution in [-0.4, -0.2) is 30.3 Å². The van der Waals surface area contributed by atoms with Crippen LogP contribution in [0.4, 0.5) is 4.79 Å². The molecule has 0 aliphatic rings. The molecule has 0 heterocycles. The smallest absolute Gasteiger partial charge is 0.404 e. The third-order valence-corrected chi connectivity index (χ3v) is 1.91. The van der Waals surface area contributed by atoms with Gasteiger partial charge in [-0.3, -0.25) is 0 Å². The van der Waals surface area contributed by atoms with Gasteiger partial charge in [0.1, 0.15) is 6.61 Å². The highest BCUT2D eigenvalue weighted by atomic mass is 35.5. The number of rotatable bonds is 4. The Morgan fingerprint density at radius 2 is 2.36 bits per heavy atom. The van der Waals surface area contributed by atoms with Gasteiger partial charge < -0.3 is 15.6 Å². The third-order valence-electron chi connectivity index (χ3n) is 1.27. The highest BCUT2D eigenvalue weighted by Gasteiger charge is 2.23. The minimum absolute atomic E-state index is 0.0440. The normalized spacial score (nSPS) is 15.5. The quantitative estimate of drug-likeness (QED) is 0.614. The molecule has 0 rings (SSSR count). The van der Waals surface area contributed by atoms with Crippen molar-refractivity contribution in [3.8, 4) is 0 Å². The monoisotopic (exact) mass is 181 g/mol. The van der Waals surface area contributed by atoms with Gasteiger partial charge in [0.25, 0.3) is 0 Å². The molecule has 0 saturated carbocycles. The van der Waals surface area contributed by atoms with Crippen molar-refractivity contribution in [2.45, 2.75) is 6.92 Å². The molecule has 0 saturated heterocycles. The van der Waals surface area contributed by atoms with E-state index in [1.807, 2.05) is 0 Å². The van der Waals surface area contributed by atoms with Gasteiger partial charge in [-0.25, -0.2) is 4.79 Å². The van der Waals surface area contributed by atoms with Crippen LogP contribution in [0.2, 0.25) is 0 Å². The van der Waals surface area contributed by atoms with Gasteiger partial charge in [-0.05, 0) is 0 Å². The number of ether oxygens (including phenoxy) is 1. The number of halogens is 1. The molecule has 0 bridgehead atoms. The Bertz CT molecular complexity index is 136. The Morgan fingerprint density at radius 3 is 2.64 bits per heavy atom. The summed E-state index contributed by atoms with van der Waals surface area (Å²) >= 11 is 5.50. The van der Waals surface area contributed by atoms with Crippen LogP contribution < -0.4 is 5.73 Å². The van der Waals surface area contributed by atoms with E-state index >= 15 is 0 Å². The summed E-state index contributed by atoms with van der Waals surface area (Å²) < 4.78 is 4.48. The number of alkyl halides is 1. The topological polar surface area (TPSA) is 72.6 Å². The van der Waals surface area contributed by atoms with E-state index in [9.17, 15) is 4.79 Å². The van der Waals surface area contributed by atoms with Gasteiger partial charge in [0.2, 0.25) is 0 Å². The molecular formula is C6H12ClNO3. The maximum absolute atomic E-state index is 10.2. The zero-order chi connectivity index (χ0) is 8.91. The summed E-state index contributed by atoms with van der Waals surface area (Å²) in [5.74, 6) is 0.219. The van der Waals surface area contributed by atoms with E-state index in [4.69, 9.17) is 22.4 Å². The predicted octanol–water partition coefficient (Wildman–Crippen LogP) is 0.319. The van der Waals surface area contributed by atoms with Crippen molar-refractivity contribution in [1.82, 2.24) is 0 Å². The summed E-state index contributed by atoms with van der Waals surface area (Å²) in [6.45, 7) is 1.61. The number of hydrogen-bond donors (Lipinski definition) is 2. The van der Waals surface area contributed by atoms with Gasteiger partial charge >= 0.3 is 6.09 Å². The first kappa shape index (κ1) is 10.5. The minimum atomic E-state index is -0.852. The highest BCUT2D eigenvalue weighted by Crippen LogP contribution is 2.17. The summed E-state index contributed by atoms with van der Waals surface area (Å²) in [7, 11) is 0. The van der Waals surface area contributed by atoms with E-state index in [1.54, 1.807) is 6.92 Å². The van der Waals surface area contributed by atoms with E-state index in [-0.39, 0.29) is 19.1 Å². The highest BCUT2D eigenvalue weighted by molar-refractivity contribution is 6.18. The molecule has 0 aromatic carbocycles. The van der Waals surface area contributed by atoms with Crippen LogP contribution in [0.25, 0.3) is 0 Å². The predicted molar refractivity (Wildman–Crippen MR) is 41.4 cm³/mol. The Morgan fingerprint density at radius 1 is 1.82 bits per heavy atom. The molecule has 0 aromatic heterocycles. The van der Waals surface area contributed by atoms with Crippen LogP contribution in [0.3, 0.4) is 0 Å². The lowest BCUT2D eigenvalue weighted by Gasteiger charge is -2.22. The average molecular weight is 182 g/mol. The Balaban J connectivity index is 3.78. The molecule has 0 fully saturated rings. The molecule has 5 heteroatoms. The lowest BCUT2D eigenvalue weighted by Crippen LogP contribution is -2.32. The molecule has 0 aromatic rings. The minimum Gasteiger partial charge on any atom is -0.449 e. The van der Waals surface area contributed by atoms with E-state index in [0.29, 0.717) is 0 Å². The second-order valence-corrected chi connectivity index (χ2v) is 2.98. The number of carbonyl (C=O) groups is 1. The van der Waals surface area contributed by atoms with Crippen LogP contribution in [0.5, 0.6) is 0 Å². The fourth-order valence-corrected chi connectivity index (χ4v) is 0.534. The Kier molecular flexibility index (Phi) is 4.22. The zero-order valence-corrected chi connectivity index (χ0v) is 7.10. The van der Waals surface area contributed by atoms with Crippen molar-refractivity contribution in [2.24, 2.45) is 11.1 Å². The molecule has 0 aliphatic carbocycles. The van der Waals surface area contributed by atoms with Crippen molar-refractivity contribution in [2.75, 3.05) is 19.1 Å². The first-order valence-electron chi connectivity index (χ1n) is 3.13. The summed E-state index contributed by atoms with van der Waals surface area (Å²) in [4.78, 5) is 10.2. The van der Waals surface area contributed by atoms with Crippen LogP contribution in [0.15, 0.2) is 0 Å². The van der Waals surface area contributed by atoms with Gasteiger partial charge in [-0.15, -0.1) is 11.6 Å². The van der Waals surface area contributed by atoms with Crippen molar-refractivity contribution < 1.29 is 14.6 Å². The zero-order valence-electron chi connectivity index (χ0n) is 6.34. The molecule has 3 N–H and O–H groups in total. The molecule has 0 aliphatic heterocycles. The number of amides is 1. The molecule has 1 atom stereocenters. The van der Waals surface area contributed by atoms with Gasteiger partial charge in [0.05, 0.1) is 6.61 Å². The number of aliphatic hydroxyl groups excluding tert-OH is 1. The molecule has 1 amide bonds. The van der Waals surface area contributed by atoms with E-state index in [2.05, 4.69) is 4.74 Å². The molecular weight excluding hydrogens is 170 g/mol. The molecule has 0 radical (unpaired) electrons. The fourth-order valence-electron chi connectivity index (χ4n) is 0.372. The van der Waals surface area contributed by atoms with Gasteiger partial charge in [-0.1, -0.05) is 6.92 Å². The van der Waals surface area contributed by atoms with Gasteiger partial charge in [0, 0.05) is 11.3 Å². The number of hydrogen-bond acceptors (Lipinski definition) is 3. The van der Waals surface area contributed by atoms with E-state index in [1.165, 1.54) is 0 Å². The Hall–Kier alpha value is -0.480. The maximum atomic E-state index is 10.2. The summed E-state index contributed by atoms with van der Waals surface area (Å²) in [6, 6.07) is 0. The van der Waals surface area contributed by atoms with Gasteiger partial charge in [-0.2, -0.15) is 0 Å². The largest absolute Gasteiger partial charge is 0.449 e. The molecule has 66 valence electrons. The van der Waals surface area contributed by atoms with Crippen LogP contribution in [0.1, 0.15) is 6.92 Å². The maximum Gasteiger partial charge on any atom is 0.404 e. The van der Waals surface area contributed by atoms with Crippen molar-refractivity contribution in [1.29, 1.82) is 0 Å². The molecule has 0 spiro atoms. The van der Waals surface area contributed by atoms with Crippen molar-refractivity contribution in [3.63, 3.8) is 0 Å². The fraction of sp³-hybridized carbons (Fsp3) is 0.833. The second kappa shape index (κ2) is 4.41. The lowest BCUT2D eigenvalue weighted by atomic mass is 9.96. The average Bonchev–Trinajstić information content (AvgIpc) is 2.00. The van der Waals surface area contributed by atoms with Crippen LogP contribution in [-0.2, 0) is 4.74 Å². The summed E-state index contributed by atoms with van der Waals surface area (Å²) in [5, 5.41) is 8.78. The number of primary amides is 1. The summed E-state index contributed by atoms with van der Waals surface area (Å²) in [5.41, 5.74) is 4.14. The second-order valence-electron chi connectivity index (χ2n) is 2.71. The molecule has 11 heavy (non-hydrogen) atoms. The molecule has 1 unspecified atom stereocenters. The standard InChI is InChI=1S/C6H12ClNO3/c1-6(2-7,3-9)4-11-5(8)10/h9H,2-4H2,1H3,(H2,8,10). The first-order valence-corrected chi connectivity index (χ1v) is 3.66. The summed E-state index contributed by atoms with van der Waals surface area (Å²) in [6.07, 6.45) is -0.852. The third kappa shape index (κ3) is 4.06. The number of aliphatic hydroxyl groups is 1. The Labute approximate surface area is 70.3 Å².